The zero-order valence-electron chi connectivity index (χ0n) is 17.0. The normalized spacial score (nSPS) is 25.2. The molecule has 2 aliphatic rings. The molecule has 0 bridgehead atoms. The molecule has 29 heavy (non-hydrogen) atoms. The second-order valence-electron chi connectivity index (χ2n) is 8.64. The van der Waals surface area contributed by atoms with E-state index in [9.17, 15) is 14.7 Å². The first-order valence-electron chi connectivity index (χ1n) is 10.7. The largest absolute Gasteiger partial charge is 0.477 e. The summed E-state index contributed by atoms with van der Waals surface area (Å²) < 4.78 is 0. The molecule has 4 rings (SSSR count). The maximum atomic E-state index is 12.9. The predicted octanol–water partition coefficient (Wildman–Crippen LogP) is 5.82. The van der Waals surface area contributed by atoms with Crippen molar-refractivity contribution in [3.05, 3.63) is 46.8 Å². The van der Waals surface area contributed by atoms with E-state index in [1.54, 1.807) is 0 Å². The summed E-state index contributed by atoms with van der Waals surface area (Å²) in [5, 5.41) is 9.77. The molecule has 1 amide bonds. The smallest absolute Gasteiger partial charge is 0.346 e. The Kier molecular flexibility index (Phi) is 6.04. The van der Waals surface area contributed by atoms with Crippen molar-refractivity contribution in [1.82, 2.24) is 4.90 Å². The highest BCUT2D eigenvalue weighted by molar-refractivity contribution is 7.17. The summed E-state index contributed by atoms with van der Waals surface area (Å²) in [6, 6.07) is 12.1. The number of likely N-dealkylation sites (tertiary alicyclic amines) is 1. The Labute approximate surface area is 176 Å². The molecule has 2 aromatic rings. The maximum Gasteiger partial charge on any atom is 0.346 e. The van der Waals surface area contributed by atoms with Crippen LogP contribution in [0.4, 0.5) is 0 Å². The highest BCUT2D eigenvalue weighted by Crippen LogP contribution is 2.38. The van der Waals surface area contributed by atoms with Crippen LogP contribution in [0.2, 0.25) is 0 Å². The fourth-order valence-electron chi connectivity index (χ4n) is 4.97. The van der Waals surface area contributed by atoms with Crippen LogP contribution in [-0.4, -0.2) is 27.9 Å². The van der Waals surface area contributed by atoms with E-state index in [2.05, 4.69) is 6.92 Å². The number of benzene rings is 1. The molecule has 1 atom stereocenters. The lowest BCUT2D eigenvalue weighted by Gasteiger charge is -2.42. The van der Waals surface area contributed by atoms with E-state index in [1.807, 2.05) is 41.3 Å². The van der Waals surface area contributed by atoms with Crippen molar-refractivity contribution < 1.29 is 14.7 Å². The minimum absolute atomic E-state index is 0.184. The molecule has 1 aliphatic carbocycles. The number of carbonyl (C=O) groups is 2. The van der Waals surface area contributed by atoms with E-state index in [0.717, 1.165) is 34.8 Å². The Morgan fingerprint density at radius 1 is 1.14 bits per heavy atom. The average Bonchev–Trinajstić information content (AvgIpc) is 3.15. The molecule has 1 aliphatic heterocycles. The Morgan fingerprint density at radius 3 is 2.55 bits per heavy atom. The zero-order valence-corrected chi connectivity index (χ0v) is 17.8. The van der Waals surface area contributed by atoms with Gasteiger partial charge >= 0.3 is 5.97 Å². The second kappa shape index (κ2) is 8.70. The van der Waals surface area contributed by atoms with Crippen molar-refractivity contribution in [1.29, 1.82) is 0 Å². The molecule has 1 aromatic heterocycles. The molecular weight excluding hydrogens is 382 g/mol. The molecule has 1 N–H and O–H groups in total. The van der Waals surface area contributed by atoms with E-state index in [-0.39, 0.29) is 11.9 Å². The van der Waals surface area contributed by atoms with E-state index < -0.39 is 5.97 Å². The maximum absolute atomic E-state index is 12.9. The molecule has 1 unspecified atom stereocenters. The fraction of sp³-hybridized carbons (Fsp3) is 0.500. The Morgan fingerprint density at radius 2 is 1.86 bits per heavy atom. The van der Waals surface area contributed by atoms with Crippen molar-refractivity contribution in [2.75, 3.05) is 0 Å². The second-order valence-corrected chi connectivity index (χ2v) is 9.69. The molecular formula is C24H29NO3S. The van der Waals surface area contributed by atoms with Crippen molar-refractivity contribution >= 4 is 23.2 Å². The van der Waals surface area contributed by atoms with Gasteiger partial charge < -0.3 is 10.0 Å². The number of nitrogens with zero attached hydrogens (tertiary/aromatic N) is 1. The summed E-state index contributed by atoms with van der Waals surface area (Å²) in [6.45, 7) is 2.73. The van der Waals surface area contributed by atoms with Crippen LogP contribution in [0.3, 0.4) is 0 Å². The number of piperidine rings is 1. The molecule has 2 fully saturated rings. The van der Waals surface area contributed by atoms with Gasteiger partial charge in [-0.1, -0.05) is 50.1 Å². The molecule has 1 saturated carbocycles. The van der Waals surface area contributed by atoms with Crippen LogP contribution < -0.4 is 0 Å². The van der Waals surface area contributed by atoms with Crippen LogP contribution in [-0.2, 0) is 11.3 Å². The van der Waals surface area contributed by atoms with Crippen LogP contribution in [0.1, 0.15) is 67.1 Å². The number of carbonyl (C=O) groups excluding carboxylic acids is 1. The number of aromatic carboxylic acids is 1. The van der Waals surface area contributed by atoms with Gasteiger partial charge in [-0.05, 0) is 54.7 Å². The van der Waals surface area contributed by atoms with Gasteiger partial charge in [-0.3, -0.25) is 4.79 Å². The van der Waals surface area contributed by atoms with Gasteiger partial charge in [0.25, 0.3) is 0 Å². The van der Waals surface area contributed by atoms with Crippen LogP contribution in [0.25, 0.3) is 10.4 Å². The van der Waals surface area contributed by atoms with Crippen LogP contribution in [0.15, 0.2) is 36.4 Å². The molecule has 1 saturated heterocycles. The standard InChI is InChI=1S/C24H29NO3S/c1-16-10-12-17(13-11-16)20-8-5-9-22(26)25(20)15-19-14-21(29-23(19)24(27)28)18-6-3-2-4-7-18/h2-4,6-7,14,16-17,20H,5,8-13,15H2,1H3,(H,27,28). The third kappa shape index (κ3) is 4.40. The van der Waals surface area contributed by atoms with Crippen LogP contribution >= 0.6 is 11.3 Å². The number of amides is 1. The fourth-order valence-corrected chi connectivity index (χ4v) is 5.99. The molecule has 4 nitrogen and oxygen atoms in total. The van der Waals surface area contributed by atoms with Gasteiger partial charge in [0, 0.05) is 23.9 Å². The predicted molar refractivity (Wildman–Crippen MR) is 116 cm³/mol. The third-order valence-corrected chi connectivity index (χ3v) is 7.83. The summed E-state index contributed by atoms with van der Waals surface area (Å²) in [7, 11) is 0. The average molecular weight is 412 g/mol. The highest BCUT2D eigenvalue weighted by atomic mass is 32.1. The number of carboxylic acids is 1. The van der Waals surface area contributed by atoms with E-state index >= 15 is 0 Å². The van der Waals surface area contributed by atoms with Gasteiger partial charge in [0.05, 0.1) is 0 Å². The number of hydrogen-bond donors (Lipinski definition) is 1. The monoisotopic (exact) mass is 411 g/mol. The van der Waals surface area contributed by atoms with E-state index in [4.69, 9.17) is 0 Å². The lowest BCUT2D eigenvalue weighted by atomic mass is 9.76. The van der Waals surface area contributed by atoms with Gasteiger partial charge in [-0.25, -0.2) is 4.79 Å². The van der Waals surface area contributed by atoms with E-state index in [0.29, 0.717) is 23.8 Å². The van der Waals surface area contributed by atoms with Crippen LogP contribution in [0.5, 0.6) is 0 Å². The summed E-state index contributed by atoms with van der Waals surface area (Å²) in [5.74, 6) is 0.613. The quantitative estimate of drug-likeness (QED) is 0.674. The highest BCUT2D eigenvalue weighted by Gasteiger charge is 2.36. The third-order valence-electron chi connectivity index (χ3n) is 6.62. The summed E-state index contributed by atoms with van der Waals surface area (Å²) in [5.41, 5.74) is 1.79. The first kappa shape index (κ1) is 20.1. The molecule has 0 radical (unpaired) electrons. The molecule has 2 heterocycles. The van der Waals surface area contributed by atoms with Crippen molar-refractivity contribution in [3.8, 4) is 10.4 Å². The summed E-state index contributed by atoms with van der Waals surface area (Å²) >= 11 is 1.31. The van der Waals surface area contributed by atoms with Crippen molar-refractivity contribution in [3.63, 3.8) is 0 Å². The number of hydrogen-bond acceptors (Lipinski definition) is 3. The molecule has 5 heteroatoms. The lowest BCUT2D eigenvalue weighted by Crippen LogP contribution is -2.47. The van der Waals surface area contributed by atoms with Crippen LogP contribution in [0, 0.1) is 11.8 Å². The van der Waals surface area contributed by atoms with Crippen molar-refractivity contribution in [2.24, 2.45) is 11.8 Å². The minimum atomic E-state index is -0.903. The van der Waals surface area contributed by atoms with Gasteiger partial charge in [-0.2, -0.15) is 0 Å². The minimum Gasteiger partial charge on any atom is -0.477 e. The Bertz CT molecular complexity index is 868. The van der Waals surface area contributed by atoms with Gasteiger partial charge in [0.2, 0.25) is 5.91 Å². The van der Waals surface area contributed by atoms with Crippen molar-refractivity contribution in [2.45, 2.75) is 64.5 Å². The summed E-state index contributed by atoms with van der Waals surface area (Å²) in [6.07, 6.45) is 7.41. The number of rotatable bonds is 5. The van der Waals surface area contributed by atoms with E-state index in [1.165, 1.54) is 37.0 Å². The summed E-state index contributed by atoms with van der Waals surface area (Å²) in [4.78, 5) is 28.1. The Hall–Kier alpha value is -2.14. The zero-order chi connectivity index (χ0) is 20.4. The van der Waals surface area contributed by atoms with Gasteiger partial charge in [0.15, 0.2) is 0 Å². The Balaban J connectivity index is 1.61. The SMILES string of the molecule is CC1CCC(C2CCCC(=O)N2Cc2cc(-c3ccccc3)sc2C(=O)O)CC1. The molecule has 154 valence electrons. The van der Waals surface area contributed by atoms with Gasteiger partial charge in [-0.15, -0.1) is 11.3 Å². The lowest BCUT2D eigenvalue weighted by molar-refractivity contribution is -0.139. The molecule has 0 spiro atoms. The van der Waals surface area contributed by atoms with Gasteiger partial charge in [0.1, 0.15) is 4.88 Å². The molecule has 1 aromatic carbocycles. The topological polar surface area (TPSA) is 57.6 Å². The first-order valence-corrected chi connectivity index (χ1v) is 11.6. The number of carboxylic acid groups (broad SMARTS) is 1. The number of thiophene rings is 1. The first-order chi connectivity index (χ1) is 14.0.